The van der Waals surface area contributed by atoms with Gasteiger partial charge in [-0.1, -0.05) is 37.3 Å². The van der Waals surface area contributed by atoms with Crippen molar-refractivity contribution in [3.8, 4) is 0 Å². The molecular formula is C22H26ClF3N6. The lowest BCUT2D eigenvalue weighted by Crippen LogP contribution is -2.18. The van der Waals surface area contributed by atoms with Crippen LogP contribution >= 0.6 is 11.6 Å². The molecule has 4 rings (SSSR count). The zero-order chi connectivity index (χ0) is 22.9. The van der Waals surface area contributed by atoms with E-state index in [0.29, 0.717) is 36.0 Å². The van der Waals surface area contributed by atoms with E-state index in [-0.39, 0.29) is 16.8 Å². The number of nitrogens with zero attached hydrogens (tertiary/aromatic N) is 4. The fraction of sp³-hybridized carbons (Fsp3) is 0.500. The van der Waals surface area contributed by atoms with Crippen LogP contribution in [-0.4, -0.2) is 25.6 Å². The summed E-state index contributed by atoms with van der Waals surface area (Å²) in [7, 11) is 0. The molecule has 0 bridgehead atoms. The molecule has 172 valence electrons. The van der Waals surface area contributed by atoms with E-state index in [1.165, 1.54) is 31.7 Å². The minimum Gasteiger partial charge on any atom is -0.328 e. The second kappa shape index (κ2) is 9.23. The molecule has 1 fully saturated rings. The van der Waals surface area contributed by atoms with Crippen LogP contribution < -0.4 is 11.1 Å². The van der Waals surface area contributed by atoms with Crippen LogP contribution in [0.4, 0.5) is 24.8 Å². The van der Waals surface area contributed by atoms with E-state index >= 15 is 0 Å². The van der Waals surface area contributed by atoms with Crippen molar-refractivity contribution in [3.63, 3.8) is 0 Å². The Morgan fingerprint density at radius 3 is 2.66 bits per heavy atom. The predicted molar refractivity (Wildman–Crippen MR) is 119 cm³/mol. The van der Waals surface area contributed by atoms with Crippen LogP contribution in [0.2, 0.25) is 5.02 Å². The summed E-state index contributed by atoms with van der Waals surface area (Å²) in [4.78, 5) is 13.8. The van der Waals surface area contributed by atoms with Crippen molar-refractivity contribution in [2.24, 2.45) is 11.7 Å². The molecule has 1 atom stereocenters. The number of alkyl halides is 3. The zero-order valence-electron chi connectivity index (χ0n) is 17.8. The summed E-state index contributed by atoms with van der Waals surface area (Å²) in [6.45, 7) is 2.42. The summed E-state index contributed by atoms with van der Waals surface area (Å²) in [5, 5.41) is 2.98. The lowest BCUT2D eigenvalue weighted by atomic mass is 10.0. The first-order valence-electron chi connectivity index (χ1n) is 10.8. The number of halogens is 4. The highest BCUT2D eigenvalue weighted by atomic mass is 35.5. The number of nitrogens with two attached hydrogens (primary N) is 1. The standard InChI is InChI=1S/C22H26ClF3N6/c1-13(27)6-7-32-20-18(12-28-19(31-20)8-14-4-2-3-5-14)30-21(32)29-17-10-15(22(24,25)26)9-16(23)11-17/h9-14H,2-8,27H2,1H3,(H,29,30). The molecule has 1 unspecified atom stereocenters. The SMILES string of the molecule is CC(N)CCn1c(Nc2cc(Cl)cc(C(F)(F)F)c2)nc2cnc(CC3CCCC3)nc21. The number of rotatable bonds is 7. The van der Waals surface area contributed by atoms with Gasteiger partial charge < -0.3 is 11.1 Å². The molecule has 3 N–H and O–H groups in total. The van der Waals surface area contributed by atoms with E-state index in [4.69, 9.17) is 22.3 Å². The molecule has 1 aliphatic rings. The molecule has 10 heteroatoms. The van der Waals surface area contributed by atoms with Gasteiger partial charge in [-0.3, -0.25) is 4.57 Å². The number of aryl methyl sites for hydroxylation is 1. The summed E-state index contributed by atoms with van der Waals surface area (Å²) < 4.78 is 41.5. The summed E-state index contributed by atoms with van der Waals surface area (Å²) in [5.41, 5.74) is 6.54. The number of hydrogen-bond acceptors (Lipinski definition) is 5. The van der Waals surface area contributed by atoms with Crippen LogP contribution in [0.5, 0.6) is 0 Å². The third kappa shape index (κ3) is 5.32. The minimum atomic E-state index is -4.50. The van der Waals surface area contributed by atoms with Crippen molar-refractivity contribution < 1.29 is 13.2 Å². The van der Waals surface area contributed by atoms with Gasteiger partial charge in [-0.05, 0) is 37.5 Å². The first-order chi connectivity index (χ1) is 15.2. The van der Waals surface area contributed by atoms with Crippen molar-refractivity contribution in [1.29, 1.82) is 0 Å². The molecule has 0 aliphatic heterocycles. The zero-order valence-corrected chi connectivity index (χ0v) is 18.5. The Bertz CT molecular complexity index is 1090. The van der Waals surface area contributed by atoms with E-state index in [2.05, 4.69) is 15.3 Å². The first-order valence-corrected chi connectivity index (χ1v) is 11.2. The Kier molecular flexibility index (Phi) is 6.57. The maximum Gasteiger partial charge on any atom is 0.416 e. The highest BCUT2D eigenvalue weighted by Crippen LogP contribution is 2.34. The van der Waals surface area contributed by atoms with Crippen LogP contribution in [0.25, 0.3) is 11.2 Å². The van der Waals surface area contributed by atoms with E-state index in [1.54, 1.807) is 6.20 Å². The second-order valence-corrected chi connectivity index (χ2v) is 8.99. The van der Waals surface area contributed by atoms with E-state index in [0.717, 1.165) is 24.4 Å². The van der Waals surface area contributed by atoms with Gasteiger partial charge >= 0.3 is 6.18 Å². The number of aromatic nitrogens is 4. The smallest absolute Gasteiger partial charge is 0.328 e. The van der Waals surface area contributed by atoms with Crippen LogP contribution in [-0.2, 0) is 19.1 Å². The highest BCUT2D eigenvalue weighted by molar-refractivity contribution is 6.31. The van der Waals surface area contributed by atoms with Crippen molar-refractivity contribution >= 4 is 34.4 Å². The average Bonchev–Trinajstić information content (AvgIpc) is 3.32. The van der Waals surface area contributed by atoms with Crippen molar-refractivity contribution in [1.82, 2.24) is 19.5 Å². The highest BCUT2D eigenvalue weighted by Gasteiger charge is 2.31. The molecule has 1 aliphatic carbocycles. The molecule has 0 spiro atoms. The fourth-order valence-electron chi connectivity index (χ4n) is 4.12. The third-order valence-electron chi connectivity index (χ3n) is 5.77. The molecule has 3 aromatic rings. The van der Waals surface area contributed by atoms with Gasteiger partial charge in [0, 0.05) is 29.7 Å². The Labute approximate surface area is 189 Å². The number of nitrogens with one attached hydrogen (secondary N) is 1. The molecule has 1 saturated carbocycles. The maximum absolute atomic E-state index is 13.2. The number of fused-ring (bicyclic) bond motifs is 1. The van der Waals surface area contributed by atoms with Crippen molar-refractivity contribution in [2.75, 3.05) is 5.32 Å². The third-order valence-corrected chi connectivity index (χ3v) is 5.99. The van der Waals surface area contributed by atoms with Crippen LogP contribution in [0.15, 0.2) is 24.4 Å². The largest absolute Gasteiger partial charge is 0.416 e. The number of anilines is 2. The summed E-state index contributed by atoms with van der Waals surface area (Å²) in [5.74, 6) is 1.74. The quantitative estimate of drug-likeness (QED) is 0.466. The van der Waals surface area contributed by atoms with Crippen molar-refractivity contribution in [2.45, 2.75) is 64.2 Å². The summed E-state index contributed by atoms with van der Waals surface area (Å²) in [6, 6.07) is 3.29. The van der Waals surface area contributed by atoms with Crippen molar-refractivity contribution in [3.05, 3.63) is 40.8 Å². The van der Waals surface area contributed by atoms with E-state index < -0.39 is 11.7 Å². The fourth-order valence-corrected chi connectivity index (χ4v) is 4.35. The monoisotopic (exact) mass is 466 g/mol. The Hall–Kier alpha value is -2.39. The molecule has 2 aromatic heterocycles. The number of benzene rings is 1. The molecule has 0 amide bonds. The van der Waals surface area contributed by atoms with Gasteiger partial charge in [0.25, 0.3) is 0 Å². The van der Waals surface area contributed by atoms with E-state index in [1.807, 2.05) is 11.5 Å². The first kappa shape index (κ1) is 22.8. The summed E-state index contributed by atoms with van der Waals surface area (Å²) >= 11 is 5.94. The lowest BCUT2D eigenvalue weighted by molar-refractivity contribution is -0.137. The predicted octanol–water partition coefficient (Wildman–Crippen LogP) is 5.71. The minimum absolute atomic E-state index is 0.0146. The van der Waals surface area contributed by atoms with Crippen LogP contribution in [0.3, 0.4) is 0 Å². The van der Waals surface area contributed by atoms with Gasteiger partial charge in [-0.2, -0.15) is 13.2 Å². The Morgan fingerprint density at radius 1 is 1.22 bits per heavy atom. The van der Waals surface area contributed by atoms with Crippen LogP contribution in [0.1, 0.15) is 50.4 Å². The lowest BCUT2D eigenvalue weighted by Gasteiger charge is -2.14. The molecule has 0 radical (unpaired) electrons. The van der Waals surface area contributed by atoms with Crippen LogP contribution in [0, 0.1) is 5.92 Å². The number of hydrogen-bond donors (Lipinski definition) is 2. The van der Waals surface area contributed by atoms with Gasteiger partial charge in [0.1, 0.15) is 11.3 Å². The molecule has 2 heterocycles. The average molecular weight is 467 g/mol. The van der Waals surface area contributed by atoms with E-state index in [9.17, 15) is 13.2 Å². The topological polar surface area (TPSA) is 81.6 Å². The summed E-state index contributed by atoms with van der Waals surface area (Å²) in [6.07, 6.45) is 3.52. The van der Waals surface area contributed by atoms with Gasteiger partial charge in [-0.25, -0.2) is 15.0 Å². The normalized spacial score (nSPS) is 16.1. The molecule has 0 saturated heterocycles. The number of imidazole rings is 1. The van der Waals surface area contributed by atoms with Gasteiger partial charge in [0.2, 0.25) is 5.95 Å². The van der Waals surface area contributed by atoms with Gasteiger partial charge in [0.15, 0.2) is 5.65 Å². The molecule has 6 nitrogen and oxygen atoms in total. The Morgan fingerprint density at radius 2 is 1.97 bits per heavy atom. The molecular weight excluding hydrogens is 441 g/mol. The molecule has 32 heavy (non-hydrogen) atoms. The van der Waals surface area contributed by atoms with Gasteiger partial charge in [-0.15, -0.1) is 0 Å². The Balaban J connectivity index is 1.69. The second-order valence-electron chi connectivity index (χ2n) is 8.55. The molecule has 1 aromatic carbocycles. The van der Waals surface area contributed by atoms with Gasteiger partial charge in [0.05, 0.1) is 11.8 Å². The maximum atomic E-state index is 13.2.